The van der Waals surface area contributed by atoms with Gasteiger partial charge in [0.2, 0.25) is 0 Å². The molecular weight excluding hydrogens is 1380 g/mol. The van der Waals surface area contributed by atoms with Crippen molar-refractivity contribution in [1.82, 2.24) is 0 Å². The number of aliphatic hydroxyl groups is 1. The standard InChI is InChI=1S/C87H148O17P2/c1-5-9-13-17-21-25-29-33-36-38-40-42-45-48-51-55-59-63-67-71-84(89)97-77-82(103-86(91)73-69-65-61-57-53-47-32-28-24-20-16-12-8-4)79-101-105(93,94)99-75-81(88)76-100-106(95,96)102-80-83(104-87(92)74-70-66-62-58-54-50-44-35-31-27-23-19-15-11-7-3)78-98-85(90)72-68-64-60-56-52-49-46-43-41-39-37-34-30-26-22-18-14-10-6-2/h9,13,16,20-22,25-26,28,32-34,36-37,40-43,48,51,59,63,81-83,88H,5-8,10-12,14-15,17-19,23-24,27,29-31,35,38-39,44-47,49-50,52-58,60-62,64-80H2,1-4H3,(H,93,94)(H,95,96)/b13-9-,20-16-,25-21-,26-22-,32-28-,36-33-,37-34-,42-40-,43-41-,51-48-,63-59-. The quantitative estimate of drug-likeness (QED) is 0.0169. The van der Waals surface area contributed by atoms with Gasteiger partial charge in [-0.2, -0.15) is 0 Å². The third-order valence-electron chi connectivity index (χ3n) is 17.1. The Balaban J connectivity index is 5.41. The molecule has 0 aromatic rings. The van der Waals surface area contributed by atoms with Crippen molar-refractivity contribution in [2.24, 2.45) is 0 Å². The summed E-state index contributed by atoms with van der Waals surface area (Å²) in [5.41, 5.74) is 0. The van der Waals surface area contributed by atoms with Crippen LogP contribution in [0.2, 0.25) is 0 Å². The van der Waals surface area contributed by atoms with Crippen LogP contribution >= 0.6 is 15.6 Å². The summed E-state index contributed by atoms with van der Waals surface area (Å²) in [7, 11) is -9.99. The van der Waals surface area contributed by atoms with Gasteiger partial charge in [-0.05, 0) is 128 Å². The van der Waals surface area contributed by atoms with Gasteiger partial charge in [-0.3, -0.25) is 37.3 Å². The highest BCUT2D eigenvalue weighted by molar-refractivity contribution is 7.47. The number of allylic oxidation sites excluding steroid dienone is 22. The van der Waals surface area contributed by atoms with Crippen molar-refractivity contribution < 1.29 is 80.2 Å². The fraction of sp³-hybridized carbons (Fsp3) is 0.701. The lowest BCUT2D eigenvalue weighted by Gasteiger charge is -2.21. The first-order valence-corrected chi connectivity index (χ1v) is 44.4. The zero-order valence-corrected chi connectivity index (χ0v) is 68.4. The van der Waals surface area contributed by atoms with Crippen molar-refractivity contribution >= 4 is 39.5 Å². The number of ether oxygens (including phenoxy) is 4. The third-order valence-corrected chi connectivity index (χ3v) is 19.0. The number of phosphoric ester groups is 2. The number of esters is 4. The summed E-state index contributed by atoms with van der Waals surface area (Å²) in [6.07, 6.45) is 88.6. The largest absolute Gasteiger partial charge is 0.472 e. The highest BCUT2D eigenvalue weighted by atomic mass is 31.2. The van der Waals surface area contributed by atoms with E-state index in [1.165, 1.54) is 83.5 Å². The second-order valence-corrected chi connectivity index (χ2v) is 30.2. The maximum absolute atomic E-state index is 13.1. The van der Waals surface area contributed by atoms with Gasteiger partial charge in [0, 0.05) is 25.7 Å². The van der Waals surface area contributed by atoms with E-state index < -0.39 is 97.5 Å². The maximum atomic E-state index is 13.1. The molecule has 3 N–H and O–H groups in total. The second kappa shape index (κ2) is 78.3. The number of phosphoric acid groups is 2. The molecule has 0 radical (unpaired) electrons. The number of carbonyl (C=O) groups is 4. The van der Waals surface area contributed by atoms with Crippen molar-refractivity contribution in [2.45, 2.75) is 354 Å². The minimum Gasteiger partial charge on any atom is -0.462 e. The minimum atomic E-state index is -5.00. The first kappa shape index (κ1) is 101. The van der Waals surface area contributed by atoms with Crippen LogP contribution in [0.15, 0.2) is 134 Å². The van der Waals surface area contributed by atoms with Crippen molar-refractivity contribution in [3.63, 3.8) is 0 Å². The van der Waals surface area contributed by atoms with Crippen LogP contribution in [0.5, 0.6) is 0 Å². The Morgan fingerprint density at radius 3 is 0.868 bits per heavy atom. The summed E-state index contributed by atoms with van der Waals surface area (Å²) >= 11 is 0. The topological polar surface area (TPSA) is 237 Å². The van der Waals surface area contributed by atoms with E-state index in [9.17, 15) is 43.2 Å². The third kappa shape index (κ3) is 77.4. The average Bonchev–Trinajstić information content (AvgIpc) is 0.901. The van der Waals surface area contributed by atoms with Gasteiger partial charge in [0.05, 0.1) is 26.4 Å². The summed E-state index contributed by atoms with van der Waals surface area (Å²) < 4.78 is 68.6. The summed E-state index contributed by atoms with van der Waals surface area (Å²) in [4.78, 5) is 73.1. The fourth-order valence-corrected chi connectivity index (χ4v) is 12.4. The number of unbranched alkanes of at least 4 members (excludes halogenated alkanes) is 29. The highest BCUT2D eigenvalue weighted by Gasteiger charge is 2.30. The molecule has 0 aliphatic carbocycles. The van der Waals surface area contributed by atoms with E-state index in [-0.39, 0.29) is 25.7 Å². The van der Waals surface area contributed by atoms with Crippen molar-refractivity contribution in [2.75, 3.05) is 39.6 Å². The molecule has 17 nitrogen and oxygen atoms in total. The molecule has 0 heterocycles. The van der Waals surface area contributed by atoms with E-state index in [4.69, 9.17) is 37.0 Å². The lowest BCUT2D eigenvalue weighted by Crippen LogP contribution is -2.30. The normalized spacial score (nSPS) is 14.5. The molecule has 0 aromatic heterocycles. The summed E-state index contributed by atoms with van der Waals surface area (Å²) in [5, 5.41) is 10.7. The molecule has 0 spiro atoms. The molecule has 0 saturated carbocycles. The van der Waals surface area contributed by atoms with Crippen molar-refractivity contribution in [1.29, 1.82) is 0 Å². The molecule has 19 heteroatoms. The predicted molar refractivity (Wildman–Crippen MR) is 436 cm³/mol. The van der Waals surface area contributed by atoms with E-state index >= 15 is 0 Å². The summed E-state index contributed by atoms with van der Waals surface area (Å²) in [5.74, 6) is -2.29. The Morgan fingerprint density at radius 1 is 0.274 bits per heavy atom. The first-order chi connectivity index (χ1) is 51.7. The van der Waals surface area contributed by atoms with E-state index in [1.807, 2.05) is 18.2 Å². The van der Waals surface area contributed by atoms with Gasteiger partial charge in [-0.1, -0.05) is 315 Å². The molecule has 0 rings (SSSR count). The molecular formula is C87H148O17P2. The minimum absolute atomic E-state index is 0.0305. The SMILES string of the molecule is CC/C=C\C/C=C\C/C=C\C/C=C\C/C=C\C/C=C\CCC(=O)OCC(COP(=O)(O)OCC(O)COP(=O)(O)OCC(COC(=O)CCCCCCCC/C=C\C/C=C\C/C=C\CCCCC)OC(=O)CCCCCCCCCCCCCCCCC)OC(=O)CCCCCCC/C=C\C/C=C\CCC. The summed E-state index contributed by atoms with van der Waals surface area (Å²) in [6, 6.07) is 0. The molecule has 0 aromatic carbocycles. The molecule has 0 bridgehead atoms. The van der Waals surface area contributed by atoms with E-state index in [1.54, 1.807) is 0 Å². The number of rotatable bonds is 77. The maximum Gasteiger partial charge on any atom is 0.472 e. The van der Waals surface area contributed by atoms with E-state index in [0.29, 0.717) is 32.1 Å². The van der Waals surface area contributed by atoms with Crippen LogP contribution < -0.4 is 0 Å². The van der Waals surface area contributed by atoms with Crippen LogP contribution in [-0.2, 0) is 65.4 Å². The van der Waals surface area contributed by atoms with Gasteiger partial charge in [0.15, 0.2) is 12.2 Å². The average molecular weight is 1530 g/mol. The number of hydrogen-bond donors (Lipinski definition) is 3. The zero-order valence-electron chi connectivity index (χ0n) is 66.6. The van der Waals surface area contributed by atoms with Crippen LogP contribution in [0.25, 0.3) is 0 Å². The molecule has 0 fully saturated rings. The van der Waals surface area contributed by atoms with Gasteiger partial charge in [0.25, 0.3) is 0 Å². The monoisotopic (exact) mass is 1530 g/mol. The molecule has 5 unspecified atom stereocenters. The van der Waals surface area contributed by atoms with Crippen molar-refractivity contribution in [3.8, 4) is 0 Å². The van der Waals surface area contributed by atoms with Gasteiger partial charge >= 0.3 is 39.5 Å². The van der Waals surface area contributed by atoms with Crippen LogP contribution in [0.1, 0.15) is 336 Å². The van der Waals surface area contributed by atoms with Gasteiger partial charge in [-0.25, -0.2) is 9.13 Å². The van der Waals surface area contributed by atoms with Gasteiger partial charge in [-0.15, -0.1) is 0 Å². The first-order valence-electron chi connectivity index (χ1n) is 41.4. The Bertz CT molecular complexity index is 2530. The lowest BCUT2D eigenvalue weighted by atomic mass is 10.0. The predicted octanol–water partition coefficient (Wildman–Crippen LogP) is 24.4. The fourth-order valence-electron chi connectivity index (χ4n) is 10.8. The number of hydrogen-bond acceptors (Lipinski definition) is 15. The summed E-state index contributed by atoms with van der Waals surface area (Å²) in [6.45, 7) is 4.59. The second-order valence-electron chi connectivity index (χ2n) is 27.3. The van der Waals surface area contributed by atoms with E-state index in [0.717, 1.165) is 167 Å². The zero-order chi connectivity index (χ0) is 77.4. The Kier molecular flexibility index (Phi) is 74.8. The molecule has 0 aliphatic rings. The lowest BCUT2D eigenvalue weighted by molar-refractivity contribution is -0.161. The smallest absolute Gasteiger partial charge is 0.462 e. The number of aliphatic hydroxyl groups excluding tert-OH is 1. The molecule has 0 amide bonds. The Labute approximate surface area is 644 Å². The molecule has 0 saturated heterocycles. The van der Waals surface area contributed by atoms with Crippen LogP contribution in [-0.4, -0.2) is 96.7 Å². The van der Waals surface area contributed by atoms with Crippen LogP contribution in [0.3, 0.4) is 0 Å². The van der Waals surface area contributed by atoms with Crippen molar-refractivity contribution in [3.05, 3.63) is 134 Å². The highest BCUT2D eigenvalue weighted by Crippen LogP contribution is 2.45. The van der Waals surface area contributed by atoms with Gasteiger partial charge < -0.3 is 33.8 Å². The molecule has 608 valence electrons. The molecule has 5 atom stereocenters. The Morgan fingerprint density at radius 2 is 0.528 bits per heavy atom. The molecule has 0 aliphatic heterocycles. The van der Waals surface area contributed by atoms with E-state index in [2.05, 4.69) is 143 Å². The van der Waals surface area contributed by atoms with Crippen LogP contribution in [0, 0.1) is 0 Å². The number of carbonyl (C=O) groups excluding carboxylic acids is 4. The Hall–Kier alpha value is -4.80. The molecule has 106 heavy (non-hydrogen) atoms. The van der Waals surface area contributed by atoms with Gasteiger partial charge in [0.1, 0.15) is 19.3 Å². The van der Waals surface area contributed by atoms with Crippen LogP contribution in [0.4, 0.5) is 0 Å².